The Morgan fingerprint density at radius 1 is 1.11 bits per heavy atom. The lowest BCUT2D eigenvalue weighted by molar-refractivity contribution is -0.188. The molecule has 5 unspecified atom stereocenters. The molecular weight excluding hydrogens is 453 g/mol. The van der Waals surface area contributed by atoms with Crippen molar-refractivity contribution < 1.29 is 9.47 Å². The first-order valence-corrected chi connectivity index (χ1v) is 10.5. The molecule has 0 radical (unpaired) electrons. The number of guanidine groups is 1. The van der Waals surface area contributed by atoms with Crippen LogP contribution in [-0.2, 0) is 9.47 Å². The quantitative estimate of drug-likeness (QED) is 0.357. The Morgan fingerprint density at radius 3 is 2.44 bits per heavy atom. The molecule has 0 aromatic rings. The predicted molar refractivity (Wildman–Crippen MR) is 122 cm³/mol. The highest BCUT2D eigenvalue weighted by Gasteiger charge is 2.58. The lowest BCUT2D eigenvalue weighted by Gasteiger charge is -2.60. The molecule has 3 fully saturated rings. The smallest absolute Gasteiger partial charge is 0.191 e. The topological polar surface area (TPSA) is 54.9 Å². The minimum absolute atomic E-state index is 0. The molecule has 2 N–H and O–H groups in total. The molecule has 0 bridgehead atoms. The summed E-state index contributed by atoms with van der Waals surface area (Å²) in [7, 11) is 1.87. The van der Waals surface area contributed by atoms with Gasteiger partial charge in [0.25, 0.3) is 0 Å². The Hall–Kier alpha value is -0.0800. The molecule has 0 aromatic carbocycles. The molecule has 27 heavy (non-hydrogen) atoms. The molecule has 2 saturated heterocycles. The van der Waals surface area contributed by atoms with Crippen LogP contribution in [0.25, 0.3) is 0 Å². The lowest BCUT2D eigenvalue weighted by atomic mass is 9.55. The summed E-state index contributed by atoms with van der Waals surface area (Å²) >= 11 is 0. The normalized spacial score (nSPS) is 36.1. The zero-order chi connectivity index (χ0) is 18.9. The molecular formula is C21H40IN3O2. The van der Waals surface area contributed by atoms with Crippen molar-refractivity contribution in [2.24, 2.45) is 27.7 Å². The van der Waals surface area contributed by atoms with Crippen LogP contribution in [0.5, 0.6) is 0 Å². The second-order valence-corrected chi connectivity index (χ2v) is 10.1. The highest BCUT2D eigenvalue weighted by molar-refractivity contribution is 14.0. The molecule has 0 aromatic heterocycles. The number of hydrogen-bond donors (Lipinski definition) is 2. The first-order chi connectivity index (χ1) is 12.2. The summed E-state index contributed by atoms with van der Waals surface area (Å²) in [6.07, 6.45) is 5.50. The SMILES string of the molecule is CN=C(NCC1CCCOC1C(C)(C)C)NC1C2CCCOC2C1(C)C.I. The third-order valence-electron chi connectivity index (χ3n) is 6.68. The summed E-state index contributed by atoms with van der Waals surface area (Å²) in [6, 6.07) is 0.431. The Morgan fingerprint density at radius 2 is 1.78 bits per heavy atom. The van der Waals surface area contributed by atoms with Crippen molar-refractivity contribution in [3.05, 3.63) is 0 Å². The third kappa shape index (κ3) is 4.92. The van der Waals surface area contributed by atoms with Crippen LogP contribution < -0.4 is 10.6 Å². The molecule has 0 spiro atoms. The van der Waals surface area contributed by atoms with Gasteiger partial charge in [-0.3, -0.25) is 4.99 Å². The first-order valence-electron chi connectivity index (χ1n) is 10.5. The third-order valence-corrected chi connectivity index (χ3v) is 6.68. The van der Waals surface area contributed by atoms with Crippen LogP contribution in [0.3, 0.4) is 0 Å². The predicted octanol–water partition coefficient (Wildman–Crippen LogP) is 3.81. The van der Waals surface area contributed by atoms with E-state index in [0.29, 0.717) is 30.1 Å². The largest absolute Gasteiger partial charge is 0.377 e. The first kappa shape index (κ1) is 23.2. The van der Waals surface area contributed by atoms with E-state index in [4.69, 9.17) is 9.47 Å². The lowest BCUT2D eigenvalue weighted by Crippen LogP contribution is -2.71. The van der Waals surface area contributed by atoms with Gasteiger partial charge >= 0.3 is 0 Å². The Kier molecular flexibility index (Phi) is 7.87. The number of aliphatic imine (C=N–C) groups is 1. The van der Waals surface area contributed by atoms with Crippen LogP contribution in [0, 0.1) is 22.7 Å². The fourth-order valence-electron chi connectivity index (χ4n) is 5.39. The van der Waals surface area contributed by atoms with Crippen molar-refractivity contribution in [3.63, 3.8) is 0 Å². The highest BCUT2D eigenvalue weighted by atomic mass is 127. The van der Waals surface area contributed by atoms with Crippen LogP contribution in [0.15, 0.2) is 4.99 Å². The summed E-state index contributed by atoms with van der Waals surface area (Å²) in [5.74, 6) is 2.06. The zero-order valence-corrected chi connectivity index (χ0v) is 20.3. The minimum Gasteiger partial charge on any atom is -0.377 e. The zero-order valence-electron chi connectivity index (χ0n) is 18.0. The Balaban J connectivity index is 0.00000261. The summed E-state index contributed by atoms with van der Waals surface area (Å²) in [6.45, 7) is 14.2. The average molecular weight is 493 g/mol. The van der Waals surface area contributed by atoms with Gasteiger partial charge < -0.3 is 20.1 Å². The van der Waals surface area contributed by atoms with E-state index in [-0.39, 0.29) is 34.8 Å². The van der Waals surface area contributed by atoms with Gasteiger partial charge in [-0.05, 0) is 31.1 Å². The second kappa shape index (κ2) is 9.16. The molecule has 6 heteroatoms. The van der Waals surface area contributed by atoms with E-state index in [1.54, 1.807) is 0 Å². The van der Waals surface area contributed by atoms with E-state index in [1.165, 1.54) is 19.3 Å². The van der Waals surface area contributed by atoms with Crippen LogP contribution in [0.2, 0.25) is 0 Å². The van der Waals surface area contributed by atoms with Gasteiger partial charge in [0.2, 0.25) is 0 Å². The van der Waals surface area contributed by atoms with Crippen molar-refractivity contribution in [1.82, 2.24) is 10.6 Å². The van der Waals surface area contributed by atoms with Crippen molar-refractivity contribution in [1.29, 1.82) is 0 Å². The van der Waals surface area contributed by atoms with Crippen molar-refractivity contribution in [2.75, 3.05) is 26.8 Å². The van der Waals surface area contributed by atoms with E-state index in [1.807, 2.05) is 7.05 Å². The maximum atomic E-state index is 6.12. The molecule has 5 atom stereocenters. The van der Waals surface area contributed by atoms with Crippen LogP contribution in [0.1, 0.15) is 60.3 Å². The summed E-state index contributed by atoms with van der Waals surface area (Å²) in [4.78, 5) is 4.50. The van der Waals surface area contributed by atoms with Crippen molar-refractivity contribution in [3.8, 4) is 0 Å². The number of hydrogen-bond acceptors (Lipinski definition) is 3. The van der Waals surface area contributed by atoms with E-state index >= 15 is 0 Å². The molecule has 1 saturated carbocycles. The van der Waals surface area contributed by atoms with Crippen molar-refractivity contribution >= 4 is 29.9 Å². The number of ether oxygens (including phenoxy) is 2. The van der Waals surface area contributed by atoms with E-state index < -0.39 is 0 Å². The fraction of sp³-hybridized carbons (Fsp3) is 0.952. The Bertz CT molecular complexity index is 518. The van der Waals surface area contributed by atoms with E-state index in [2.05, 4.69) is 50.2 Å². The molecule has 3 rings (SSSR count). The molecule has 158 valence electrons. The van der Waals surface area contributed by atoms with E-state index in [0.717, 1.165) is 32.1 Å². The number of halogens is 1. The summed E-state index contributed by atoms with van der Waals surface area (Å²) in [5, 5.41) is 7.30. The molecule has 1 aliphatic carbocycles. The average Bonchev–Trinajstić information content (AvgIpc) is 2.61. The highest BCUT2D eigenvalue weighted by Crippen LogP contribution is 2.51. The summed E-state index contributed by atoms with van der Waals surface area (Å²) < 4.78 is 12.1. The Labute approximate surface area is 182 Å². The monoisotopic (exact) mass is 493 g/mol. The number of nitrogens with zero attached hydrogens (tertiary/aromatic N) is 1. The number of fused-ring (bicyclic) bond motifs is 1. The van der Waals surface area contributed by atoms with Gasteiger partial charge in [-0.15, -0.1) is 24.0 Å². The van der Waals surface area contributed by atoms with Gasteiger partial charge in [-0.2, -0.15) is 0 Å². The van der Waals surface area contributed by atoms with Crippen LogP contribution in [-0.4, -0.2) is 51.0 Å². The number of rotatable bonds is 3. The standard InChI is InChI=1S/C21H39N3O2.HI/c1-20(2,3)17-14(9-7-11-25-17)13-23-19(22-6)24-16-15-10-8-12-26-18(15)21(16,4)5;/h14-18H,7-13H2,1-6H3,(H2,22,23,24);1H. The summed E-state index contributed by atoms with van der Waals surface area (Å²) in [5.41, 5.74) is 0.330. The molecule has 3 aliphatic rings. The van der Waals surface area contributed by atoms with Gasteiger partial charge in [0.05, 0.1) is 12.2 Å². The van der Waals surface area contributed by atoms with Crippen molar-refractivity contribution in [2.45, 2.75) is 78.6 Å². The number of nitrogens with one attached hydrogen (secondary N) is 2. The van der Waals surface area contributed by atoms with Gasteiger partial charge in [0.15, 0.2) is 5.96 Å². The van der Waals surface area contributed by atoms with Gasteiger partial charge in [-0.25, -0.2) is 0 Å². The second-order valence-electron chi connectivity index (χ2n) is 10.1. The van der Waals surface area contributed by atoms with Gasteiger partial charge in [0.1, 0.15) is 0 Å². The van der Waals surface area contributed by atoms with E-state index in [9.17, 15) is 0 Å². The molecule has 0 amide bonds. The molecule has 2 heterocycles. The van der Waals surface area contributed by atoms with Crippen LogP contribution in [0.4, 0.5) is 0 Å². The molecule has 5 nitrogen and oxygen atoms in total. The van der Waals surface area contributed by atoms with Gasteiger partial charge in [0, 0.05) is 50.1 Å². The van der Waals surface area contributed by atoms with Gasteiger partial charge in [-0.1, -0.05) is 34.6 Å². The maximum absolute atomic E-state index is 6.12. The molecule has 2 aliphatic heterocycles. The minimum atomic E-state index is 0. The van der Waals surface area contributed by atoms with Crippen LogP contribution >= 0.6 is 24.0 Å². The maximum Gasteiger partial charge on any atom is 0.191 e. The fourth-order valence-corrected chi connectivity index (χ4v) is 5.39.